The standard InChI is InChI=1S/C21H29ClN4O2.HI/c1-4-23-20(24-13-19-26-15(2)16(3)28-19)25-14-21(8-10-27-11-9-21)17-6-5-7-18(22)12-17;/h5-7,12H,4,8-11,13-14H2,1-3H3,(H2,23,24,25);1H. The summed E-state index contributed by atoms with van der Waals surface area (Å²) in [4.78, 5) is 9.05. The Morgan fingerprint density at radius 3 is 2.62 bits per heavy atom. The van der Waals surface area contributed by atoms with Crippen molar-refractivity contribution in [2.24, 2.45) is 4.99 Å². The quantitative estimate of drug-likeness (QED) is 0.329. The number of aliphatic imine (C=N–C) groups is 1. The maximum absolute atomic E-state index is 6.27. The second-order valence-corrected chi connectivity index (χ2v) is 7.64. The van der Waals surface area contributed by atoms with Gasteiger partial charge in [-0.05, 0) is 51.3 Å². The first-order valence-corrected chi connectivity index (χ1v) is 10.2. The molecule has 1 aromatic heterocycles. The van der Waals surface area contributed by atoms with Crippen molar-refractivity contribution in [2.45, 2.75) is 45.6 Å². The van der Waals surface area contributed by atoms with Gasteiger partial charge >= 0.3 is 0 Å². The highest BCUT2D eigenvalue weighted by atomic mass is 127. The Hall–Kier alpha value is -1.32. The Labute approximate surface area is 194 Å². The Morgan fingerprint density at radius 1 is 1.24 bits per heavy atom. The molecule has 2 heterocycles. The van der Waals surface area contributed by atoms with Crippen molar-refractivity contribution in [2.75, 3.05) is 26.3 Å². The molecule has 3 rings (SSSR count). The summed E-state index contributed by atoms with van der Waals surface area (Å²) in [5.74, 6) is 2.22. The summed E-state index contributed by atoms with van der Waals surface area (Å²) in [6.45, 7) is 9.34. The fourth-order valence-corrected chi connectivity index (χ4v) is 3.69. The van der Waals surface area contributed by atoms with Gasteiger partial charge in [-0.1, -0.05) is 23.7 Å². The van der Waals surface area contributed by atoms with Crippen molar-refractivity contribution < 1.29 is 9.15 Å². The fourth-order valence-electron chi connectivity index (χ4n) is 3.50. The Bertz CT molecular complexity index is 799. The minimum absolute atomic E-state index is 0. The highest BCUT2D eigenvalue weighted by Gasteiger charge is 2.34. The zero-order chi connectivity index (χ0) is 20.0. The molecule has 1 fully saturated rings. The lowest BCUT2D eigenvalue weighted by molar-refractivity contribution is 0.0514. The summed E-state index contributed by atoms with van der Waals surface area (Å²) >= 11 is 6.27. The van der Waals surface area contributed by atoms with Gasteiger partial charge in [-0.3, -0.25) is 0 Å². The first kappa shape index (κ1) is 24.0. The first-order valence-electron chi connectivity index (χ1n) is 9.81. The van der Waals surface area contributed by atoms with Crippen molar-refractivity contribution in [3.63, 3.8) is 0 Å². The molecule has 0 unspecified atom stereocenters. The second-order valence-electron chi connectivity index (χ2n) is 7.20. The number of nitrogens with zero attached hydrogens (tertiary/aromatic N) is 2. The van der Waals surface area contributed by atoms with Crippen LogP contribution in [0.2, 0.25) is 5.02 Å². The monoisotopic (exact) mass is 532 g/mol. The van der Waals surface area contributed by atoms with Gasteiger partial charge in [0.15, 0.2) is 5.96 Å². The molecule has 1 aromatic carbocycles. The van der Waals surface area contributed by atoms with Gasteiger partial charge in [0.25, 0.3) is 0 Å². The van der Waals surface area contributed by atoms with Crippen LogP contribution < -0.4 is 10.6 Å². The second kappa shape index (κ2) is 11.2. The van der Waals surface area contributed by atoms with Crippen LogP contribution in [0.1, 0.15) is 42.7 Å². The average molecular weight is 533 g/mol. The molecule has 2 aromatic rings. The predicted octanol–water partition coefficient (Wildman–Crippen LogP) is 4.37. The summed E-state index contributed by atoms with van der Waals surface area (Å²) < 4.78 is 11.3. The maximum Gasteiger partial charge on any atom is 0.216 e. The fraction of sp³-hybridized carbons (Fsp3) is 0.524. The third-order valence-corrected chi connectivity index (χ3v) is 5.51. The normalized spacial score (nSPS) is 16.2. The van der Waals surface area contributed by atoms with Crippen LogP contribution in [0.15, 0.2) is 33.7 Å². The molecular formula is C21H30ClIN4O2. The summed E-state index contributed by atoms with van der Waals surface area (Å²) in [6, 6.07) is 8.15. The van der Waals surface area contributed by atoms with Crippen LogP contribution in [0.25, 0.3) is 0 Å². The molecular weight excluding hydrogens is 503 g/mol. The number of ether oxygens (including phenoxy) is 1. The molecule has 160 valence electrons. The van der Waals surface area contributed by atoms with E-state index in [0.717, 1.165) is 61.6 Å². The molecule has 2 N–H and O–H groups in total. The van der Waals surface area contributed by atoms with Crippen molar-refractivity contribution in [3.8, 4) is 0 Å². The van der Waals surface area contributed by atoms with Crippen LogP contribution in [-0.2, 0) is 16.7 Å². The molecule has 0 atom stereocenters. The van der Waals surface area contributed by atoms with E-state index in [2.05, 4.69) is 39.7 Å². The number of benzene rings is 1. The number of halogens is 2. The number of guanidine groups is 1. The lowest BCUT2D eigenvalue weighted by Gasteiger charge is -2.38. The molecule has 0 saturated carbocycles. The Morgan fingerprint density at radius 2 is 2.00 bits per heavy atom. The van der Waals surface area contributed by atoms with Crippen molar-refractivity contribution in [1.29, 1.82) is 0 Å². The lowest BCUT2D eigenvalue weighted by atomic mass is 9.74. The smallest absolute Gasteiger partial charge is 0.216 e. The molecule has 1 aliphatic heterocycles. The number of aromatic nitrogens is 1. The maximum atomic E-state index is 6.27. The van der Waals surface area contributed by atoms with E-state index in [9.17, 15) is 0 Å². The molecule has 6 nitrogen and oxygen atoms in total. The van der Waals surface area contributed by atoms with Gasteiger partial charge in [0, 0.05) is 36.7 Å². The highest BCUT2D eigenvalue weighted by Crippen LogP contribution is 2.35. The molecule has 0 aliphatic carbocycles. The molecule has 29 heavy (non-hydrogen) atoms. The van der Waals surface area contributed by atoms with E-state index in [4.69, 9.17) is 20.8 Å². The molecule has 1 saturated heterocycles. The van der Waals surface area contributed by atoms with Crippen LogP contribution in [0, 0.1) is 13.8 Å². The van der Waals surface area contributed by atoms with Crippen LogP contribution in [-0.4, -0.2) is 37.2 Å². The molecule has 0 amide bonds. The number of hydrogen-bond acceptors (Lipinski definition) is 4. The third-order valence-electron chi connectivity index (χ3n) is 5.27. The van der Waals surface area contributed by atoms with Gasteiger partial charge in [-0.25, -0.2) is 9.98 Å². The van der Waals surface area contributed by atoms with Crippen molar-refractivity contribution >= 4 is 41.5 Å². The number of nitrogens with one attached hydrogen (secondary N) is 2. The Kier molecular flexibility index (Phi) is 9.23. The van der Waals surface area contributed by atoms with Crippen molar-refractivity contribution in [3.05, 3.63) is 52.2 Å². The van der Waals surface area contributed by atoms with Crippen LogP contribution in [0.4, 0.5) is 0 Å². The van der Waals surface area contributed by atoms with Gasteiger partial charge < -0.3 is 19.8 Å². The minimum atomic E-state index is -0.0323. The third kappa shape index (κ3) is 6.33. The largest absolute Gasteiger partial charge is 0.444 e. The highest BCUT2D eigenvalue weighted by molar-refractivity contribution is 14.0. The van der Waals surface area contributed by atoms with E-state index >= 15 is 0 Å². The van der Waals surface area contributed by atoms with E-state index < -0.39 is 0 Å². The van der Waals surface area contributed by atoms with Crippen LogP contribution >= 0.6 is 35.6 Å². The minimum Gasteiger partial charge on any atom is -0.444 e. The summed E-state index contributed by atoms with van der Waals surface area (Å²) in [7, 11) is 0. The molecule has 0 radical (unpaired) electrons. The van der Waals surface area contributed by atoms with Crippen molar-refractivity contribution in [1.82, 2.24) is 15.6 Å². The van der Waals surface area contributed by atoms with Gasteiger partial charge in [0.1, 0.15) is 12.3 Å². The average Bonchev–Trinajstić information content (AvgIpc) is 3.02. The zero-order valence-corrected chi connectivity index (χ0v) is 20.3. The van der Waals surface area contributed by atoms with Gasteiger partial charge in [0.05, 0.1) is 5.69 Å². The van der Waals surface area contributed by atoms with E-state index in [1.807, 2.05) is 26.0 Å². The predicted molar refractivity (Wildman–Crippen MR) is 127 cm³/mol. The summed E-state index contributed by atoms with van der Waals surface area (Å²) in [5, 5.41) is 7.58. The van der Waals surface area contributed by atoms with E-state index in [0.29, 0.717) is 12.4 Å². The SMILES string of the molecule is CCNC(=NCc1nc(C)c(C)o1)NCC1(c2cccc(Cl)c2)CCOCC1.I. The zero-order valence-electron chi connectivity index (χ0n) is 17.3. The number of aryl methyl sites for hydroxylation is 2. The van der Waals surface area contributed by atoms with Crippen LogP contribution in [0.5, 0.6) is 0 Å². The van der Waals surface area contributed by atoms with Gasteiger partial charge in [-0.15, -0.1) is 24.0 Å². The van der Waals surface area contributed by atoms with E-state index in [1.165, 1.54) is 5.56 Å². The van der Waals surface area contributed by atoms with E-state index in [-0.39, 0.29) is 29.4 Å². The topological polar surface area (TPSA) is 71.7 Å². The number of hydrogen-bond donors (Lipinski definition) is 2. The summed E-state index contributed by atoms with van der Waals surface area (Å²) in [5.41, 5.74) is 2.12. The molecule has 8 heteroatoms. The first-order chi connectivity index (χ1) is 13.5. The van der Waals surface area contributed by atoms with Crippen LogP contribution in [0.3, 0.4) is 0 Å². The van der Waals surface area contributed by atoms with Gasteiger partial charge in [-0.2, -0.15) is 0 Å². The van der Waals surface area contributed by atoms with E-state index in [1.54, 1.807) is 0 Å². The number of rotatable bonds is 6. The molecule has 0 bridgehead atoms. The number of oxazole rings is 1. The van der Waals surface area contributed by atoms with Gasteiger partial charge in [0.2, 0.25) is 5.89 Å². The Balaban J connectivity index is 0.00000300. The molecule has 1 aliphatic rings. The summed E-state index contributed by atoms with van der Waals surface area (Å²) in [6.07, 6.45) is 1.88. The molecule has 0 spiro atoms. The lowest BCUT2D eigenvalue weighted by Crippen LogP contribution is -2.48.